The molecule has 1 atom stereocenters. The summed E-state index contributed by atoms with van der Waals surface area (Å²) in [6, 6.07) is 16.0. The van der Waals surface area contributed by atoms with Crippen LogP contribution >= 0.6 is 11.3 Å². The van der Waals surface area contributed by atoms with Gasteiger partial charge in [-0.2, -0.15) is 5.10 Å². The van der Waals surface area contributed by atoms with Gasteiger partial charge < -0.3 is 10.1 Å². The first-order valence-electron chi connectivity index (χ1n) is 11.0. The van der Waals surface area contributed by atoms with Crippen molar-refractivity contribution in [1.29, 1.82) is 0 Å². The molecule has 9 heteroatoms. The first-order chi connectivity index (χ1) is 16.9. The van der Waals surface area contributed by atoms with Crippen molar-refractivity contribution in [3.05, 3.63) is 109 Å². The number of carbonyl (C=O) groups excluding carboxylic acids is 1. The van der Waals surface area contributed by atoms with E-state index in [-0.39, 0.29) is 11.5 Å². The normalized spacial score (nSPS) is 15.5. The van der Waals surface area contributed by atoms with E-state index in [4.69, 9.17) is 4.74 Å². The largest absolute Gasteiger partial charge is 0.497 e. The highest BCUT2D eigenvalue weighted by atomic mass is 32.1. The first-order valence-corrected chi connectivity index (χ1v) is 11.8. The number of rotatable bonds is 5. The lowest BCUT2D eigenvalue weighted by Gasteiger charge is -2.25. The van der Waals surface area contributed by atoms with Gasteiger partial charge in [0.2, 0.25) is 0 Å². The number of carbonyl (C=O) groups is 1. The highest BCUT2D eigenvalue weighted by molar-refractivity contribution is 7.07. The fraction of sp³-hybridized carbons (Fsp3) is 0.154. The molecule has 8 nitrogen and oxygen atoms in total. The molecular weight excluding hydrogens is 462 g/mol. The Labute approximate surface area is 205 Å². The predicted octanol–water partition coefficient (Wildman–Crippen LogP) is 2.62. The van der Waals surface area contributed by atoms with E-state index in [0.29, 0.717) is 32.0 Å². The average Bonchev–Trinajstić information content (AvgIpc) is 3.41. The number of aryl methyl sites for hydroxylation is 1. The van der Waals surface area contributed by atoms with Crippen LogP contribution in [-0.4, -0.2) is 27.4 Å². The number of para-hydroxylation sites is 1. The van der Waals surface area contributed by atoms with E-state index in [1.165, 1.54) is 11.3 Å². The Morgan fingerprint density at radius 2 is 1.89 bits per heavy atom. The van der Waals surface area contributed by atoms with E-state index < -0.39 is 6.04 Å². The Kier molecular flexibility index (Phi) is 5.92. The van der Waals surface area contributed by atoms with Gasteiger partial charge in [0.15, 0.2) is 4.80 Å². The molecule has 3 heterocycles. The summed E-state index contributed by atoms with van der Waals surface area (Å²) in [6.07, 6.45) is 5.33. The molecule has 0 saturated heterocycles. The van der Waals surface area contributed by atoms with Crippen LogP contribution in [0.25, 0.3) is 6.08 Å². The molecule has 1 N–H and O–H groups in total. The van der Waals surface area contributed by atoms with Gasteiger partial charge in [-0.3, -0.25) is 18.8 Å². The minimum absolute atomic E-state index is 0.212. The molecule has 2 aromatic carbocycles. The molecule has 0 fully saturated rings. The molecule has 1 aliphatic heterocycles. The third-order valence-corrected chi connectivity index (χ3v) is 6.74. The molecule has 0 spiro atoms. The molecule has 0 saturated carbocycles. The lowest BCUT2D eigenvalue weighted by Crippen LogP contribution is -2.40. The standard InChI is InChI=1S/C26H23N5O3S/c1-16-22(24(32)29-19-7-5-4-6-8-19)23(18-9-11-20(34-3)12-10-18)31-25(33)21(35-26(31)28-16)13-17-14-27-30(2)15-17/h4-15,23H,1-3H3,(H,29,32). The topological polar surface area (TPSA) is 90.5 Å². The van der Waals surface area contributed by atoms with Gasteiger partial charge >= 0.3 is 0 Å². The number of aromatic nitrogens is 3. The average molecular weight is 486 g/mol. The van der Waals surface area contributed by atoms with Crippen molar-refractivity contribution >= 4 is 29.0 Å². The summed E-state index contributed by atoms with van der Waals surface area (Å²) in [4.78, 5) is 32.4. The Balaban J connectivity index is 1.67. The van der Waals surface area contributed by atoms with Gasteiger partial charge in [0, 0.05) is 24.5 Å². The second-order valence-electron chi connectivity index (χ2n) is 8.12. The van der Waals surface area contributed by atoms with Gasteiger partial charge in [-0.1, -0.05) is 41.7 Å². The molecule has 5 rings (SSSR count). The Morgan fingerprint density at radius 3 is 2.54 bits per heavy atom. The third-order valence-electron chi connectivity index (χ3n) is 5.75. The van der Waals surface area contributed by atoms with E-state index in [0.717, 1.165) is 11.1 Å². The summed E-state index contributed by atoms with van der Waals surface area (Å²) in [7, 11) is 3.42. The zero-order valence-electron chi connectivity index (χ0n) is 19.4. The molecule has 176 valence electrons. The van der Waals surface area contributed by atoms with Gasteiger partial charge in [0.1, 0.15) is 5.75 Å². The number of hydrogen-bond donors (Lipinski definition) is 1. The van der Waals surface area contributed by atoms with E-state index in [2.05, 4.69) is 15.4 Å². The molecular formula is C26H23N5O3S. The maximum absolute atomic E-state index is 13.6. The van der Waals surface area contributed by atoms with Crippen molar-refractivity contribution in [1.82, 2.24) is 14.3 Å². The van der Waals surface area contributed by atoms with Crippen LogP contribution in [0.2, 0.25) is 0 Å². The molecule has 4 aromatic rings. The molecule has 2 aromatic heterocycles. The minimum atomic E-state index is -0.642. The smallest absolute Gasteiger partial charge is 0.271 e. The van der Waals surface area contributed by atoms with Crippen molar-refractivity contribution in [2.45, 2.75) is 13.0 Å². The summed E-state index contributed by atoms with van der Waals surface area (Å²) in [5.41, 5.74) is 3.04. The monoisotopic (exact) mass is 485 g/mol. The molecule has 35 heavy (non-hydrogen) atoms. The van der Waals surface area contributed by atoms with Crippen LogP contribution in [0.3, 0.4) is 0 Å². The van der Waals surface area contributed by atoms with Crippen LogP contribution in [0, 0.1) is 0 Å². The number of amides is 1. The lowest BCUT2D eigenvalue weighted by molar-refractivity contribution is -0.113. The number of allylic oxidation sites excluding steroid dienone is 1. The summed E-state index contributed by atoms with van der Waals surface area (Å²) < 4.78 is 9.11. The first kappa shape index (κ1) is 22.5. The van der Waals surface area contributed by atoms with Crippen LogP contribution in [-0.2, 0) is 11.8 Å². The van der Waals surface area contributed by atoms with Gasteiger partial charge in [0.25, 0.3) is 11.5 Å². The van der Waals surface area contributed by atoms with Crippen LogP contribution in [0.5, 0.6) is 5.75 Å². The molecule has 1 amide bonds. The molecule has 1 aliphatic rings. The molecule has 1 unspecified atom stereocenters. The van der Waals surface area contributed by atoms with Crippen LogP contribution < -0.4 is 24.9 Å². The fourth-order valence-corrected chi connectivity index (χ4v) is 5.15. The number of anilines is 1. The van der Waals surface area contributed by atoms with Crippen LogP contribution in [0.4, 0.5) is 5.69 Å². The van der Waals surface area contributed by atoms with Gasteiger partial charge in [-0.15, -0.1) is 0 Å². The Morgan fingerprint density at radius 1 is 1.14 bits per heavy atom. The number of thiazole rings is 1. The second kappa shape index (κ2) is 9.19. The van der Waals surface area contributed by atoms with E-state index in [1.54, 1.807) is 35.6 Å². The summed E-state index contributed by atoms with van der Waals surface area (Å²) in [6.45, 7) is 1.80. The van der Waals surface area contributed by atoms with Crippen LogP contribution in [0.1, 0.15) is 24.1 Å². The highest BCUT2D eigenvalue weighted by Gasteiger charge is 2.32. The van der Waals surface area contributed by atoms with Crippen molar-refractivity contribution in [3.8, 4) is 5.75 Å². The Bertz CT molecular complexity index is 1610. The van der Waals surface area contributed by atoms with E-state index >= 15 is 0 Å². The lowest BCUT2D eigenvalue weighted by atomic mass is 9.95. The van der Waals surface area contributed by atoms with E-state index in [9.17, 15) is 9.59 Å². The van der Waals surface area contributed by atoms with E-state index in [1.807, 2.05) is 67.8 Å². The van der Waals surface area contributed by atoms with Crippen molar-refractivity contribution in [2.24, 2.45) is 12.0 Å². The summed E-state index contributed by atoms with van der Waals surface area (Å²) in [5, 5.41) is 7.13. The van der Waals surface area contributed by atoms with Crippen molar-refractivity contribution < 1.29 is 9.53 Å². The number of hydrogen-bond acceptors (Lipinski definition) is 6. The number of nitrogens with zero attached hydrogens (tertiary/aromatic N) is 4. The second-order valence-corrected chi connectivity index (χ2v) is 9.13. The fourth-order valence-electron chi connectivity index (χ4n) is 4.10. The van der Waals surface area contributed by atoms with Crippen molar-refractivity contribution in [2.75, 3.05) is 12.4 Å². The number of nitrogens with one attached hydrogen (secondary N) is 1. The molecule has 0 radical (unpaired) electrons. The maximum Gasteiger partial charge on any atom is 0.271 e. The zero-order valence-corrected chi connectivity index (χ0v) is 20.2. The van der Waals surface area contributed by atoms with Gasteiger partial charge in [-0.25, -0.2) is 4.99 Å². The maximum atomic E-state index is 13.6. The zero-order chi connectivity index (χ0) is 24.5. The number of methoxy groups -OCH3 is 1. The highest BCUT2D eigenvalue weighted by Crippen LogP contribution is 2.31. The van der Waals surface area contributed by atoms with Crippen LogP contribution in [0.15, 0.2) is 88.0 Å². The van der Waals surface area contributed by atoms with Gasteiger partial charge in [0.05, 0.1) is 35.2 Å². The SMILES string of the molecule is COc1ccc(C2C(C(=O)Nc3ccccc3)=C(C)N=c3sc(=Cc4cnn(C)c4)c(=O)n32)cc1. The molecule has 0 bridgehead atoms. The summed E-state index contributed by atoms with van der Waals surface area (Å²) >= 11 is 1.29. The number of ether oxygens (including phenoxy) is 1. The number of fused-ring (bicyclic) bond motifs is 1. The quantitative estimate of drug-likeness (QED) is 0.471. The predicted molar refractivity (Wildman–Crippen MR) is 135 cm³/mol. The van der Waals surface area contributed by atoms with Gasteiger partial charge in [-0.05, 0) is 42.8 Å². The van der Waals surface area contributed by atoms with Crippen molar-refractivity contribution in [3.63, 3.8) is 0 Å². The third kappa shape index (κ3) is 4.33. The molecule has 0 aliphatic carbocycles. The minimum Gasteiger partial charge on any atom is -0.497 e. The Hall–Kier alpha value is -4.24. The summed E-state index contributed by atoms with van der Waals surface area (Å²) in [5.74, 6) is 0.383. The number of benzene rings is 2.